The van der Waals surface area contributed by atoms with Crippen LogP contribution in [0.4, 0.5) is 10.2 Å². The number of aryl methyl sites for hydroxylation is 1. The number of rotatable bonds is 6. The standard InChI is InChI=1S/C22H27FN4O2/c1-3-15-13-21(26-8-10-29-11-9-26)25-27-20(19(14-28)24-22(15)27)12-16-6-5-7-18(23)17(16)4-2/h5-7,13,28H,3-4,8-12,14H2,1-2H3. The molecular weight excluding hydrogens is 371 g/mol. The van der Waals surface area contributed by atoms with Gasteiger partial charge in [0.05, 0.1) is 31.2 Å². The van der Waals surface area contributed by atoms with E-state index in [-0.39, 0.29) is 12.4 Å². The van der Waals surface area contributed by atoms with Crippen molar-refractivity contribution >= 4 is 11.5 Å². The SMILES string of the molecule is CCc1c(F)cccc1Cc1c(CO)nc2c(CC)cc(N3CCOCC3)nn12. The second-order valence-corrected chi connectivity index (χ2v) is 7.29. The number of anilines is 1. The molecule has 0 radical (unpaired) electrons. The second-order valence-electron chi connectivity index (χ2n) is 7.29. The fourth-order valence-corrected chi connectivity index (χ4v) is 4.01. The number of benzene rings is 1. The zero-order chi connectivity index (χ0) is 20.4. The third-order valence-corrected chi connectivity index (χ3v) is 5.62. The van der Waals surface area contributed by atoms with E-state index in [1.54, 1.807) is 6.07 Å². The van der Waals surface area contributed by atoms with E-state index in [0.717, 1.165) is 47.8 Å². The molecule has 154 valence electrons. The average Bonchev–Trinajstić information content (AvgIpc) is 3.11. The Bertz CT molecular complexity index is 1010. The highest BCUT2D eigenvalue weighted by Crippen LogP contribution is 2.25. The Morgan fingerprint density at radius 1 is 1.14 bits per heavy atom. The first-order valence-corrected chi connectivity index (χ1v) is 10.3. The minimum atomic E-state index is -0.194. The van der Waals surface area contributed by atoms with Crippen LogP contribution in [0.3, 0.4) is 0 Å². The van der Waals surface area contributed by atoms with Gasteiger partial charge < -0.3 is 14.7 Å². The van der Waals surface area contributed by atoms with Gasteiger partial charge in [-0.2, -0.15) is 0 Å². The van der Waals surface area contributed by atoms with Crippen molar-refractivity contribution in [2.45, 2.75) is 39.7 Å². The fourth-order valence-electron chi connectivity index (χ4n) is 4.01. The number of aliphatic hydroxyl groups is 1. The van der Waals surface area contributed by atoms with Crippen LogP contribution >= 0.6 is 0 Å². The van der Waals surface area contributed by atoms with Crippen molar-refractivity contribution in [3.05, 3.63) is 58.2 Å². The summed E-state index contributed by atoms with van der Waals surface area (Å²) in [7, 11) is 0. The van der Waals surface area contributed by atoms with Crippen LogP contribution in [0.5, 0.6) is 0 Å². The predicted molar refractivity (Wildman–Crippen MR) is 110 cm³/mol. The maximum Gasteiger partial charge on any atom is 0.157 e. The van der Waals surface area contributed by atoms with Crippen LogP contribution in [0.2, 0.25) is 0 Å². The quantitative estimate of drug-likeness (QED) is 0.692. The van der Waals surface area contributed by atoms with E-state index in [1.165, 1.54) is 6.07 Å². The number of ether oxygens (including phenoxy) is 1. The summed E-state index contributed by atoms with van der Waals surface area (Å²) in [5, 5.41) is 14.8. The highest BCUT2D eigenvalue weighted by atomic mass is 19.1. The number of imidazole rings is 1. The normalized spacial score (nSPS) is 14.7. The summed E-state index contributed by atoms with van der Waals surface area (Å²) < 4.78 is 21.6. The van der Waals surface area contributed by atoms with E-state index < -0.39 is 0 Å². The first kappa shape index (κ1) is 19.8. The van der Waals surface area contributed by atoms with Crippen molar-refractivity contribution < 1.29 is 14.2 Å². The summed E-state index contributed by atoms with van der Waals surface area (Å²) in [4.78, 5) is 6.89. The lowest BCUT2D eigenvalue weighted by Crippen LogP contribution is -2.37. The summed E-state index contributed by atoms with van der Waals surface area (Å²) in [6.07, 6.45) is 1.89. The van der Waals surface area contributed by atoms with Crippen LogP contribution in [0, 0.1) is 5.82 Å². The van der Waals surface area contributed by atoms with Crippen LogP contribution in [0.25, 0.3) is 5.65 Å². The largest absolute Gasteiger partial charge is 0.390 e. The molecule has 1 aromatic carbocycles. The first-order chi connectivity index (χ1) is 14.2. The third-order valence-electron chi connectivity index (χ3n) is 5.62. The Kier molecular flexibility index (Phi) is 5.78. The fraction of sp³-hybridized carbons (Fsp3) is 0.455. The molecule has 6 nitrogen and oxygen atoms in total. The molecule has 0 spiro atoms. The van der Waals surface area contributed by atoms with Crippen molar-refractivity contribution in [1.82, 2.24) is 14.6 Å². The molecule has 3 heterocycles. The van der Waals surface area contributed by atoms with E-state index in [2.05, 4.69) is 22.9 Å². The Hall–Kier alpha value is -2.51. The molecule has 29 heavy (non-hydrogen) atoms. The number of nitrogens with zero attached hydrogens (tertiary/aromatic N) is 4. The van der Waals surface area contributed by atoms with Crippen molar-refractivity contribution in [3.8, 4) is 0 Å². The molecule has 3 aromatic rings. The molecule has 0 amide bonds. The summed E-state index contributed by atoms with van der Waals surface area (Å²) in [5.41, 5.74) is 4.85. The molecule has 0 atom stereocenters. The highest BCUT2D eigenvalue weighted by Gasteiger charge is 2.21. The van der Waals surface area contributed by atoms with Gasteiger partial charge in [0.25, 0.3) is 0 Å². The lowest BCUT2D eigenvalue weighted by molar-refractivity contribution is 0.122. The summed E-state index contributed by atoms with van der Waals surface area (Å²) >= 11 is 0. The predicted octanol–water partition coefficient (Wildman–Crippen LogP) is 2.91. The van der Waals surface area contributed by atoms with Gasteiger partial charge in [0.1, 0.15) is 11.6 Å². The third kappa shape index (κ3) is 3.72. The maximum atomic E-state index is 14.3. The van der Waals surface area contributed by atoms with Crippen LogP contribution in [-0.4, -0.2) is 46.0 Å². The van der Waals surface area contributed by atoms with Gasteiger partial charge in [0.2, 0.25) is 0 Å². The summed E-state index contributed by atoms with van der Waals surface area (Å²) in [5.74, 6) is 0.691. The van der Waals surface area contributed by atoms with Gasteiger partial charge in [-0.05, 0) is 36.1 Å². The molecule has 1 aliphatic heterocycles. The number of hydrogen-bond acceptors (Lipinski definition) is 5. The lowest BCUT2D eigenvalue weighted by atomic mass is 10.00. The maximum absolute atomic E-state index is 14.3. The molecule has 1 N–H and O–H groups in total. The van der Waals surface area contributed by atoms with Crippen LogP contribution in [0.1, 0.15) is 41.9 Å². The molecule has 0 bridgehead atoms. The molecule has 1 fully saturated rings. The number of morpholine rings is 1. The molecule has 0 saturated carbocycles. The average molecular weight is 398 g/mol. The van der Waals surface area contributed by atoms with E-state index in [0.29, 0.717) is 37.3 Å². The molecule has 4 rings (SSSR count). The Morgan fingerprint density at radius 3 is 2.62 bits per heavy atom. The number of aromatic nitrogens is 3. The highest BCUT2D eigenvalue weighted by molar-refractivity contribution is 5.56. The van der Waals surface area contributed by atoms with E-state index in [4.69, 9.17) is 9.84 Å². The molecule has 7 heteroatoms. The van der Waals surface area contributed by atoms with E-state index in [1.807, 2.05) is 17.5 Å². The topological polar surface area (TPSA) is 62.9 Å². The lowest BCUT2D eigenvalue weighted by Gasteiger charge is -2.28. The second kappa shape index (κ2) is 8.47. The van der Waals surface area contributed by atoms with Crippen molar-refractivity contribution in [1.29, 1.82) is 0 Å². The smallest absolute Gasteiger partial charge is 0.157 e. The van der Waals surface area contributed by atoms with Gasteiger partial charge in [0.15, 0.2) is 5.65 Å². The number of hydrogen-bond donors (Lipinski definition) is 1. The molecule has 0 unspecified atom stereocenters. The molecule has 2 aromatic heterocycles. The van der Waals surface area contributed by atoms with Gasteiger partial charge in [0, 0.05) is 25.1 Å². The van der Waals surface area contributed by atoms with Crippen molar-refractivity contribution in [2.75, 3.05) is 31.2 Å². The van der Waals surface area contributed by atoms with Gasteiger partial charge in [-0.1, -0.05) is 26.0 Å². The number of halogens is 1. The zero-order valence-electron chi connectivity index (χ0n) is 17.0. The first-order valence-electron chi connectivity index (χ1n) is 10.3. The van der Waals surface area contributed by atoms with Gasteiger partial charge in [-0.15, -0.1) is 5.10 Å². The molecular formula is C22H27FN4O2. The Labute approximate surface area is 169 Å². The summed E-state index contributed by atoms with van der Waals surface area (Å²) in [6.45, 7) is 6.82. The van der Waals surface area contributed by atoms with Crippen molar-refractivity contribution in [3.63, 3.8) is 0 Å². The number of fused-ring (bicyclic) bond motifs is 1. The zero-order valence-corrected chi connectivity index (χ0v) is 17.0. The van der Waals surface area contributed by atoms with E-state index >= 15 is 0 Å². The van der Waals surface area contributed by atoms with Crippen LogP contribution in [0.15, 0.2) is 24.3 Å². The van der Waals surface area contributed by atoms with Gasteiger partial charge >= 0.3 is 0 Å². The van der Waals surface area contributed by atoms with Gasteiger partial charge in [-0.25, -0.2) is 13.9 Å². The molecule has 1 saturated heterocycles. The monoisotopic (exact) mass is 398 g/mol. The van der Waals surface area contributed by atoms with Crippen LogP contribution < -0.4 is 4.90 Å². The molecule has 0 aliphatic carbocycles. The Morgan fingerprint density at radius 2 is 1.93 bits per heavy atom. The molecule has 1 aliphatic rings. The minimum absolute atomic E-state index is 0.175. The summed E-state index contributed by atoms with van der Waals surface area (Å²) in [6, 6.07) is 7.25. The van der Waals surface area contributed by atoms with E-state index in [9.17, 15) is 9.50 Å². The van der Waals surface area contributed by atoms with Gasteiger partial charge in [-0.3, -0.25) is 0 Å². The Balaban J connectivity index is 1.85. The number of aliphatic hydroxyl groups excluding tert-OH is 1. The van der Waals surface area contributed by atoms with Crippen LogP contribution in [-0.2, 0) is 30.6 Å². The van der Waals surface area contributed by atoms with Crippen molar-refractivity contribution in [2.24, 2.45) is 0 Å². The minimum Gasteiger partial charge on any atom is -0.390 e.